The molecule has 2 atom stereocenters. The lowest BCUT2D eigenvalue weighted by molar-refractivity contribution is -0.258. The number of ether oxygens (including phenoxy) is 2. The van der Waals surface area contributed by atoms with Gasteiger partial charge in [-0.1, -0.05) is 133 Å². The molecule has 0 unspecified atom stereocenters. The molecule has 0 bridgehead atoms. The number of hydrogen-bond acceptors (Lipinski definition) is 6. The highest BCUT2D eigenvalue weighted by Crippen LogP contribution is 2.53. The predicted octanol–water partition coefficient (Wildman–Crippen LogP) is 8.40. The van der Waals surface area contributed by atoms with Crippen LogP contribution in [0.25, 0.3) is 0 Å². The Bertz CT molecular complexity index is 1910. The minimum Gasteiger partial charge on any atom is -0.371 e. The largest absolute Gasteiger partial charge is 0.371 e. The standard InChI is InChI=1S/C42H40O6P2/c1-35(47-49(43,38-24-12-4-13-25-38)39-26-14-5-15-27-39)42(46-33-37-22-10-3-11-23-37,34-45-32-36-20-8-2-9-21-36)48-50(44,40-28-16-6-17-29-40)41-30-18-7-19-31-41/h2-31,35H,32-34H2,1H3/t35-,42-/m1/s1. The van der Waals surface area contributed by atoms with Crippen molar-refractivity contribution in [3.8, 4) is 0 Å². The van der Waals surface area contributed by atoms with Gasteiger partial charge in [0, 0.05) is 21.2 Å². The fourth-order valence-electron chi connectivity index (χ4n) is 5.61. The van der Waals surface area contributed by atoms with Crippen molar-refractivity contribution >= 4 is 36.0 Å². The minimum absolute atomic E-state index is 0.0772. The summed E-state index contributed by atoms with van der Waals surface area (Å²) < 4.78 is 57.9. The zero-order valence-electron chi connectivity index (χ0n) is 27.9. The van der Waals surface area contributed by atoms with Crippen molar-refractivity contribution in [2.45, 2.75) is 32.0 Å². The second kappa shape index (κ2) is 16.6. The van der Waals surface area contributed by atoms with E-state index >= 15 is 9.13 Å². The molecule has 50 heavy (non-hydrogen) atoms. The summed E-state index contributed by atoms with van der Waals surface area (Å²) in [6, 6.07) is 55.8. The van der Waals surface area contributed by atoms with E-state index in [0.29, 0.717) is 21.2 Å². The van der Waals surface area contributed by atoms with Crippen molar-refractivity contribution in [3.05, 3.63) is 193 Å². The molecule has 0 N–H and O–H groups in total. The predicted molar refractivity (Wildman–Crippen MR) is 201 cm³/mol. The second-order valence-corrected chi connectivity index (χ2v) is 16.5. The summed E-state index contributed by atoms with van der Waals surface area (Å²) in [6.45, 7) is 1.86. The average molecular weight is 703 g/mol. The maximum atomic E-state index is 15.6. The Morgan fingerprint density at radius 3 is 1.22 bits per heavy atom. The van der Waals surface area contributed by atoms with Crippen LogP contribution in [0.2, 0.25) is 0 Å². The highest BCUT2D eigenvalue weighted by Gasteiger charge is 2.50. The van der Waals surface area contributed by atoms with Gasteiger partial charge in [0.05, 0.1) is 13.2 Å². The van der Waals surface area contributed by atoms with Crippen LogP contribution in [-0.4, -0.2) is 18.5 Å². The Kier molecular flexibility index (Phi) is 11.7. The number of benzene rings is 6. The van der Waals surface area contributed by atoms with Crippen LogP contribution in [-0.2, 0) is 40.9 Å². The van der Waals surface area contributed by atoms with Gasteiger partial charge in [0.2, 0.25) is 5.79 Å². The Morgan fingerprint density at radius 1 is 0.480 bits per heavy atom. The smallest absolute Gasteiger partial charge is 0.263 e. The van der Waals surface area contributed by atoms with Crippen molar-refractivity contribution < 1.29 is 27.7 Å². The van der Waals surface area contributed by atoms with Crippen LogP contribution in [0, 0.1) is 0 Å². The van der Waals surface area contributed by atoms with Crippen LogP contribution in [0.4, 0.5) is 0 Å². The van der Waals surface area contributed by atoms with E-state index in [-0.39, 0.29) is 19.8 Å². The Hall–Kier alpha value is -4.38. The van der Waals surface area contributed by atoms with Gasteiger partial charge in [-0.3, -0.25) is 13.7 Å². The van der Waals surface area contributed by atoms with Gasteiger partial charge in [-0.15, -0.1) is 0 Å². The molecule has 0 aliphatic heterocycles. The summed E-state index contributed by atoms with van der Waals surface area (Å²) in [6.07, 6.45) is -1.08. The molecular weight excluding hydrogens is 662 g/mol. The second-order valence-electron chi connectivity index (χ2n) is 11.8. The molecule has 0 saturated carbocycles. The molecule has 0 amide bonds. The molecule has 8 heteroatoms. The molecule has 254 valence electrons. The van der Waals surface area contributed by atoms with E-state index in [2.05, 4.69) is 0 Å². The topological polar surface area (TPSA) is 71.1 Å². The van der Waals surface area contributed by atoms with Crippen molar-refractivity contribution in [2.24, 2.45) is 0 Å². The zero-order valence-corrected chi connectivity index (χ0v) is 29.7. The Balaban J connectivity index is 1.49. The molecule has 0 aliphatic carbocycles. The first kappa shape index (κ1) is 35.4. The van der Waals surface area contributed by atoms with Gasteiger partial charge in [-0.25, -0.2) is 0 Å². The molecule has 0 radical (unpaired) electrons. The van der Waals surface area contributed by atoms with E-state index in [0.717, 1.165) is 11.1 Å². The summed E-state index contributed by atoms with van der Waals surface area (Å²) in [4.78, 5) is 0. The normalized spacial score (nSPS) is 13.7. The molecule has 0 spiro atoms. The summed E-state index contributed by atoms with van der Waals surface area (Å²) in [7, 11) is -7.69. The van der Waals surface area contributed by atoms with E-state index in [1.807, 2.05) is 133 Å². The lowest BCUT2D eigenvalue weighted by atomic mass is 10.1. The van der Waals surface area contributed by atoms with Gasteiger partial charge >= 0.3 is 0 Å². The Labute approximate surface area is 294 Å². The van der Waals surface area contributed by atoms with Gasteiger partial charge in [0.1, 0.15) is 12.7 Å². The van der Waals surface area contributed by atoms with E-state index < -0.39 is 26.6 Å². The summed E-state index contributed by atoms with van der Waals surface area (Å²) in [5, 5.41) is 1.97. The monoisotopic (exact) mass is 702 g/mol. The maximum Gasteiger partial charge on any atom is 0.263 e. The quantitative estimate of drug-likeness (QED) is 0.0746. The van der Waals surface area contributed by atoms with Crippen LogP contribution >= 0.6 is 14.7 Å². The van der Waals surface area contributed by atoms with Crippen LogP contribution in [0.3, 0.4) is 0 Å². The fourth-order valence-corrected chi connectivity index (χ4v) is 10.2. The highest BCUT2D eigenvalue weighted by molar-refractivity contribution is 7.74. The van der Waals surface area contributed by atoms with E-state index in [1.165, 1.54) is 0 Å². The third-order valence-corrected chi connectivity index (χ3v) is 13.4. The Morgan fingerprint density at radius 2 is 0.820 bits per heavy atom. The van der Waals surface area contributed by atoms with Crippen molar-refractivity contribution in [3.63, 3.8) is 0 Å². The summed E-state index contributed by atoms with van der Waals surface area (Å²) >= 11 is 0. The van der Waals surface area contributed by atoms with Crippen LogP contribution in [0.1, 0.15) is 18.1 Å². The lowest BCUT2D eigenvalue weighted by Gasteiger charge is -2.41. The minimum atomic E-state index is -3.92. The first-order valence-electron chi connectivity index (χ1n) is 16.5. The van der Waals surface area contributed by atoms with Crippen molar-refractivity contribution in [1.82, 2.24) is 0 Å². The van der Waals surface area contributed by atoms with Gasteiger partial charge in [-0.2, -0.15) is 0 Å². The van der Waals surface area contributed by atoms with E-state index in [4.69, 9.17) is 18.5 Å². The van der Waals surface area contributed by atoms with Crippen LogP contribution in [0.5, 0.6) is 0 Å². The summed E-state index contributed by atoms with van der Waals surface area (Å²) in [5.41, 5.74) is 1.80. The van der Waals surface area contributed by atoms with E-state index in [1.54, 1.807) is 55.5 Å². The third kappa shape index (κ3) is 8.31. The van der Waals surface area contributed by atoms with Crippen LogP contribution in [0.15, 0.2) is 182 Å². The third-order valence-electron chi connectivity index (χ3n) is 8.33. The number of hydrogen-bond donors (Lipinski definition) is 0. The number of rotatable bonds is 16. The first-order chi connectivity index (χ1) is 24.4. The molecule has 6 aromatic rings. The molecule has 0 saturated heterocycles. The van der Waals surface area contributed by atoms with E-state index in [9.17, 15) is 0 Å². The molecular formula is C42H40O6P2. The van der Waals surface area contributed by atoms with Crippen molar-refractivity contribution in [2.75, 3.05) is 6.61 Å². The molecule has 6 aromatic carbocycles. The average Bonchev–Trinajstić information content (AvgIpc) is 3.19. The molecule has 0 aliphatic rings. The van der Waals surface area contributed by atoms with Crippen LogP contribution < -0.4 is 21.2 Å². The van der Waals surface area contributed by atoms with Crippen molar-refractivity contribution in [1.29, 1.82) is 0 Å². The molecule has 6 nitrogen and oxygen atoms in total. The first-order valence-corrected chi connectivity index (χ1v) is 19.8. The fraction of sp³-hybridized carbons (Fsp3) is 0.143. The SMILES string of the molecule is C[C@@H](OP(=O)(c1ccccc1)c1ccccc1)[C@](COCc1ccccc1)(OCc1ccccc1)OP(=O)(c1ccccc1)c1ccccc1. The molecule has 0 heterocycles. The summed E-state index contributed by atoms with van der Waals surface area (Å²) in [5.74, 6) is -1.83. The van der Waals surface area contributed by atoms with Gasteiger partial charge < -0.3 is 14.0 Å². The molecule has 6 rings (SSSR count). The van der Waals surface area contributed by atoms with Gasteiger partial charge in [0.15, 0.2) is 0 Å². The highest BCUT2D eigenvalue weighted by atomic mass is 31.2. The molecule has 0 fully saturated rings. The lowest BCUT2D eigenvalue weighted by Crippen LogP contribution is -2.52. The maximum absolute atomic E-state index is 15.6. The van der Waals surface area contributed by atoms with Gasteiger partial charge in [0.25, 0.3) is 14.7 Å². The van der Waals surface area contributed by atoms with Gasteiger partial charge in [-0.05, 0) is 66.6 Å². The molecule has 0 aromatic heterocycles. The zero-order chi connectivity index (χ0) is 34.7.